The normalized spacial score (nSPS) is 11.7. The molecule has 0 aliphatic heterocycles. The molecule has 292 valence electrons. The molecule has 0 saturated carbocycles. The van der Waals surface area contributed by atoms with Crippen molar-refractivity contribution >= 4 is 64.2 Å². The molecule has 0 aliphatic carbocycles. The summed E-state index contributed by atoms with van der Waals surface area (Å²) < 4.78 is 5.49. The average Bonchev–Trinajstić information content (AvgIpc) is 3.65. The molecule has 0 bridgehead atoms. The van der Waals surface area contributed by atoms with E-state index in [0.717, 1.165) is 16.0 Å². The van der Waals surface area contributed by atoms with Gasteiger partial charge in [-0.05, 0) is 78.9 Å². The molecule has 4 rings (SSSR count). The second kappa shape index (κ2) is 22.3. The number of hydrogen-bond acceptors (Lipinski definition) is 10. The minimum absolute atomic E-state index is 0.0600. The molecule has 0 saturated heterocycles. The molecule has 13 nitrogen and oxygen atoms in total. The van der Waals surface area contributed by atoms with Gasteiger partial charge in [0.05, 0.1) is 16.6 Å². The van der Waals surface area contributed by atoms with Crippen molar-refractivity contribution in [2.45, 2.75) is 51.6 Å². The van der Waals surface area contributed by atoms with Crippen molar-refractivity contribution in [3.63, 3.8) is 0 Å². The Morgan fingerprint density at radius 3 is 2.44 bits per heavy atom. The summed E-state index contributed by atoms with van der Waals surface area (Å²) in [6.45, 7) is 5.41. The van der Waals surface area contributed by atoms with Crippen LogP contribution in [0.25, 0.3) is 0 Å². The van der Waals surface area contributed by atoms with E-state index < -0.39 is 18.0 Å². The number of aromatic hydroxyl groups is 1. The van der Waals surface area contributed by atoms with Crippen LogP contribution in [0.5, 0.6) is 11.5 Å². The van der Waals surface area contributed by atoms with Crippen molar-refractivity contribution in [1.82, 2.24) is 26.7 Å². The van der Waals surface area contributed by atoms with Gasteiger partial charge in [-0.3, -0.25) is 9.59 Å². The number of carbonyl (C=O) groups excluding carboxylic acids is 3. The Morgan fingerprint density at radius 2 is 1.71 bits per heavy atom. The first kappa shape index (κ1) is 42.6. The Kier molecular flexibility index (Phi) is 17.3. The summed E-state index contributed by atoms with van der Waals surface area (Å²) in [6, 6.07) is 21.9. The molecule has 7 N–H and O–H groups in total. The summed E-state index contributed by atoms with van der Waals surface area (Å²) in [6.07, 6.45) is 1.08. The van der Waals surface area contributed by atoms with Gasteiger partial charge in [0.25, 0.3) is 11.8 Å². The summed E-state index contributed by atoms with van der Waals surface area (Å²) in [5.74, 6) is -0.367. The molecule has 0 unspecified atom stereocenters. The van der Waals surface area contributed by atoms with Crippen LogP contribution in [-0.2, 0) is 30.1 Å². The van der Waals surface area contributed by atoms with Gasteiger partial charge in [0.1, 0.15) is 17.1 Å². The second-order valence-corrected chi connectivity index (χ2v) is 14.7. The molecule has 0 spiro atoms. The van der Waals surface area contributed by atoms with Gasteiger partial charge in [0.2, 0.25) is 0 Å². The quantitative estimate of drug-likeness (QED) is 0.0394. The fraction of sp³-hybridized carbons (Fsp3) is 0.308. The molecular formula is C39H45ClN6O7S2. The van der Waals surface area contributed by atoms with E-state index in [1.54, 1.807) is 36.0 Å². The number of amides is 4. The number of thioether (sulfide) groups is 1. The molecule has 0 radical (unpaired) electrons. The highest BCUT2D eigenvalue weighted by Gasteiger charge is 2.20. The van der Waals surface area contributed by atoms with E-state index in [9.17, 15) is 29.4 Å². The topological polar surface area (TPSA) is 190 Å². The molecule has 0 aliphatic rings. The lowest BCUT2D eigenvalue weighted by Crippen LogP contribution is -2.43. The van der Waals surface area contributed by atoms with Crippen molar-refractivity contribution in [1.29, 1.82) is 0 Å². The Bertz CT molecular complexity index is 1940. The van der Waals surface area contributed by atoms with Gasteiger partial charge in [0.15, 0.2) is 6.61 Å². The summed E-state index contributed by atoms with van der Waals surface area (Å²) >= 11 is 9.26. The zero-order valence-corrected chi connectivity index (χ0v) is 32.9. The zero-order valence-electron chi connectivity index (χ0n) is 30.5. The van der Waals surface area contributed by atoms with Gasteiger partial charge in [-0.1, -0.05) is 54.9 Å². The van der Waals surface area contributed by atoms with Gasteiger partial charge in [-0.2, -0.15) is 16.9 Å². The van der Waals surface area contributed by atoms with Crippen molar-refractivity contribution in [2.75, 3.05) is 25.4 Å². The summed E-state index contributed by atoms with van der Waals surface area (Å²) in [7, 11) is 0. The zero-order chi connectivity index (χ0) is 39.6. The Morgan fingerprint density at radius 1 is 0.945 bits per heavy atom. The van der Waals surface area contributed by atoms with Crippen LogP contribution in [0.15, 0.2) is 84.0 Å². The largest absolute Gasteiger partial charge is 0.507 e. The lowest BCUT2D eigenvalue weighted by Gasteiger charge is -2.19. The number of hydrazone groups is 1. The number of benzene rings is 3. The van der Waals surface area contributed by atoms with E-state index in [2.05, 4.69) is 31.8 Å². The lowest BCUT2D eigenvalue weighted by molar-refractivity contribution is -0.122. The number of carboxylic acids is 1. The minimum atomic E-state index is -1.21. The summed E-state index contributed by atoms with van der Waals surface area (Å²) in [4.78, 5) is 50.6. The van der Waals surface area contributed by atoms with E-state index in [-0.39, 0.29) is 29.7 Å². The number of rotatable bonds is 21. The van der Waals surface area contributed by atoms with Crippen LogP contribution in [0.2, 0.25) is 5.02 Å². The fourth-order valence-corrected chi connectivity index (χ4v) is 7.37. The maximum atomic E-state index is 13.4. The van der Waals surface area contributed by atoms with Gasteiger partial charge < -0.3 is 36.2 Å². The number of thiophene rings is 1. The number of urea groups is 1. The number of aromatic carboxylic acids is 1. The smallest absolute Gasteiger partial charge is 0.339 e. The van der Waals surface area contributed by atoms with Gasteiger partial charge in [-0.25, -0.2) is 15.0 Å². The highest BCUT2D eigenvalue weighted by atomic mass is 35.5. The Hall–Kier alpha value is -5.09. The first-order valence-corrected chi connectivity index (χ1v) is 20.0. The average molecular weight is 809 g/mol. The number of nitrogens with zero attached hydrogens (tertiary/aromatic N) is 1. The molecule has 1 heterocycles. The summed E-state index contributed by atoms with van der Waals surface area (Å²) in [5, 5.41) is 35.9. The number of carbonyl (C=O) groups is 4. The highest BCUT2D eigenvalue weighted by molar-refractivity contribution is 7.99. The van der Waals surface area contributed by atoms with Gasteiger partial charge in [0, 0.05) is 47.6 Å². The highest BCUT2D eigenvalue weighted by Crippen LogP contribution is 2.23. The van der Waals surface area contributed by atoms with Crippen molar-refractivity contribution < 1.29 is 34.1 Å². The van der Waals surface area contributed by atoms with E-state index in [1.807, 2.05) is 56.3 Å². The number of nitrogens with one attached hydrogen (secondary N) is 5. The molecule has 1 aromatic heterocycles. The molecule has 55 heavy (non-hydrogen) atoms. The van der Waals surface area contributed by atoms with Gasteiger partial charge >= 0.3 is 12.0 Å². The van der Waals surface area contributed by atoms with Crippen LogP contribution in [0.3, 0.4) is 0 Å². The van der Waals surface area contributed by atoms with Crippen LogP contribution < -0.4 is 31.4 Å². The van der Waals surface area contributed by atoms with E-state index >= 15 is 0 Å². The Balaban J connectivity index is 1.32. The molecule has 4 aromatic rings. The third-order valence-corrected chi connectivity index (χ3v) is 10.5. The van der Waals surface area contributed by atoms with Crippen LogP contribution >= 0.6 is 34.7 Å². The Labute approximate surface area is 333 Å². The molecule has 0 fully saturated rings. The third kappa shape index (κ3) is 14.2. The van der Waals surface area contributed by atoms with Gasteiger partial charge in [-0.15, -0.1) is 11.3 Å². The number of carboxylic acid groups (broad SMARTS) is 1. The number of hydrogen-bond donors (Lipinski definition) is 7. The second-order valence-electron chi connectivity index (χ2n) is 12.2. The van der Waals surface area contributed by atoms with E-state index in [0.29, 0.717) is 77.5 Å². The van der Waals surface area contributed by atoms with Crippen LogP contribution in [-0.4, -0.2) is 71.2 Å². The number of halogens is 1. The minimum Gasteiger partial charge on any atom is -0.507 e. The number of likely N-dealkylation sites (N-methyl/N-ethyl adjacent to an activating group) is 1. The predicted octanol–water partition coefficient (Wildman–Crippen LogP) is 5.95. The fourth-order valence-electron chi connectivity index (χ4n) is 5.16. The van der Waals surface area contributed by atoms with E-state index in [1.165, 1.54) is 23.5 Å². The molecule has 16 heteroatoms. The lowest BCUT2D eigenvalue weighted by atomic mass is 10.1. The van der Waals surface area contributed by atoms with Crippen LogP contribution in [0, 0.1) is 0 Å². The first-order valence-electron chi connectivity index (χ1n) is 17.6. The van der Waals surface area contributed by atoms with Crippen LogP contribution in [0.1, 0.15) is 61.9 Å². The predicted molar refractivity (Wildman–Crippen MR) is 217 cm³/mol. The molecule has 4 amide bonds. The van der Waals surface area contributed by atoms with Crippen molar-refractivity contribution in [3.8, 4) is 11.5 Å². The third-order valence-electron chi connectivity index (χ3n) is 8.05. The molecule has 3 aromatic carbocycles. The van der Waals surface area contributed by atoms with E-state index in [4.69, 9.17) is 16.3 Å². The summed E-state index contributed by atoms with van der Waals surface area (Å²) in [5.41, 5.74) is 5.65. The maximum absolute atomic E-state index is 13.4. The molecule has 1 atom stereocenters. The van der Waals surface area contributed by atoms with Crippen molar-refractivity contribution in [3.05, 3.63) is 116 Å². The van der Waals surface area contributed by atoms with Crippen molar-refractivity contribution in [2.24, 2.45) is 5.10 Å². The maximum Gasteiger partial charge on any atom is 0.339 e. The number of phenols is 1. The number of ether oxygens (including phenoxy) is 1. The first-order chi connectivity index (χ1) is 26.6. The SMILES string of the molecule is CCNC(=O)COc1ccc(CCNC(=O)N/N=C(\CSCc2ccccc2Cl)[C@H](CC)NC(=O)c2ccc(CNCc3ccc(O)c(C(=O)O)c3)s2)cc1. The molecular weight excluding hydrogens is 764 g/mol. The van der Waals surface area contributed by atoms with Crippen LogP contribution in [0.4, 0.5) is 4.79 Å². The monoisotopic (exact) mass is 808 g/mol. The standard InChI is InChI=1S/C39H45ClN6O7S2/c1-3-32(44-37(49)35-16-14-29(55-35)21-41-20-26-11-15-34(47)30(19-26)38(50)51)33(24-54-23-27-7-5-6-8-31(27)40)45-46-39(52)43-18-17-25-9-12-28(13-10-25)53-22-36(48)42-4-2/h5-16,19,32,41,47H,3-4,17-18,20-24H2,1-2H3,(H,42,48)(H,44,49)(H,50,51)(H2,43,46,52)/b45-33+/t32-/m0/s1.